The monoisotopic (exact) mass is 354 g/mol. The fourth-order valence-corrected chi connectivity index (χ4v) is 4.52. The molecular formula is C20H30N6. The van der Waals surface area contributed by atoms with Gasteiger partial charge in [-0.05, 0) is 32.6 Å². The van der Waals surface area contributed by atoms with E-state index in [-0.39, 0.29) is 0 Å². The van der Waals surface area contributed by atoms with Gasteiger partial charge in [-0.2, -0.15) is 5.10 Å². The quantitative estimate of drug-likeness (QED) is 0.810. The highest BCUT2D eigenvalue weighted by molar-refractivity contribution is 5.16. The first-order valence-corrected chi connectivity index (χ1v) is 9.71. The van der Waals surface area contributed by atoms with Crippen molar-refractivity contribution >= 4 is 0 Å². The molecule has 3 aliphatic heterocycles. The van der Waals surface area contributed by atoms with Gasteiger partial charge in [0, 0.05) is 56.2 Å². The van der Waals surface area contributed by atoms with E-state index in [9.17, 15) is 0 Å². The second kappa shape index (κ2) is 7.37. The molecule has 5 heterocycles. The van der Waals surface area contributed by atoms with E-state index >= 15 is 0 Å². The van der Waals surface area contributed by atoms with Gasteiger partial charge in [-0.3, -0.25) is 14.5 Å². The number of nitrogens with one attached hydrogen (secondary N) is 1. The summed E-state index contributed by atoms with van der Waals surface area (Å²) in [6.45, 7) is 14.3. The van der Waals surface area contributed by atoms with Gasteiger partial charge in [0.05, 0.1) is 24.3 Å². The van der Waals surface area contributed by atoms with Crippen molar-refractivity contribution in [2.75, 3.05) is 19.6 Å². The maximum Gasteiger partial charge on any atom is 0.0925 e. The Morgan fingerprint density at radius 3 is 2.88 bits per heavy atom. The molecule has 1 N–H and O–H groups in total. The van der Waals surface area contributed by atoms with E-state index < -0.39 is 0 Å². The first kappa shape index (κ1) is 17.5. The van der Waals surface area contributed by atoms with Gasteiger partial charge in [0.15, 0.2) is 0 Å². The highest BCUT2D eigenvalue weighted by Crippen LogP contribution is 2.30. The van der Waals surface area contributed by atoms with Crippen LogP contribution in [0.1, 0.15) is 35.5 Å². The summed E-state index contributed by atoms with van der Waals surface area (Å²) in [6, 6.07) is 0.634. The topological polar surface area (TPSA) is 53.0 Å². The summed E-state index contributed by atoms with van der Waals surface area (Å²) < 4.78 is 2.00. The molecule has 2 bridgehead atoms. The lowest BCUT2D eigenvalue weighted by atomic mass is 9.94. The number of aromatic nitrogens is 4. The van der Waals surface area contributed by atoms with Crippen LogP contribution in [0.3, 0.4) is 0 Å². The summed E-state index contributed by atoms with van der Waals surface area (Å²) in [6.07, 6.45) is 8.57. The number of aryl methyl sites for hydroxylation is 2. The number of H-pyrrole nitrogens is 1. The standard InChI is InChI=1S/C20H30N6/c1-4-7-26-11-18(15(2)23-26)10-25-9-17-5-6-19(25)12-24(8-17)13-20-16(3)21-14-22-20/h4,11,14,17,19H,1,5-10,12-13H2,2-3H3,(H,21,22)/t17-,19+/m0/s1. The summed E-state index contributed by atoms with van der Waals surface area (Å²) in [5.41, 5.74) is 4.90. The van der Waals surface area contributed by atoms with Crippen LogP contribution in [0.5, 0.6) is 0 Å². The fraction of sp³-hybridized carbons (Fsp3) is 0.600. The molecule has 2 aromatic rings. The zero-order valence-corrected chi connectivity index (χ0v) is 16.0. The highest BCUT2D eigenvalue weighted by atomic mass is 15.3. The lowest BCUT2D eigenvalue weighted by Crippen LogP contribution is -2.43. The Morgan fingerprint density at radius 1 is 1.23 bits per heavy atom. The molecule has 2 atom stereocenters. The Bertz CT molecular complexity index is 760. The van der Waals surface area contributed by atoms with Crippen LogP contribution in [0, 0.1) is 19.8 Å². The Hall–Kier alpha value is -1.92. The number of nitrogens with zero attached hydrogens (tertiary/aromatic N) is 5. The van der Waals surface area contributed by atoms with Crippen molar-refractivity contribution in [1.82, 2.24) is 29.5 Å². The molecule has 0 aliphatic carbocycles. The maximum absolute atomic E-state index is 4.62. The van der Waals surface area contributed by atoms with Crippen molar-refractivity contribution in [3.05, 3.63) is 47.8 Å². The van der Waals surface area contributed by atoms with Crippen molar-refractivity contribution in [1.29, 1.82) is 0 Å². The number of aromatic amines is 1. The van der Waals surface area contributed by atoms with Crippen LogP contribution in [0.25, 0.3) is 0 Å². The molecule has 3 fully saturated rings. The first-order valence-electron chi connectivity index (χ1n) is 9.71. The summed E-state index contributed by atoms with van der Waals surface area (Å²) in [5, 5.41) is 4.62. The fourth-order valence-electron chi connectivity index (χ4n) is 4.52. The predicted octanol–water partition coefficient (Wildman–Crippen LogP) is 2.51. The van der Waals surface area contributed by atoms with Crippen molar-refractivity contribution in [3.8, 4) is 0 Å². The SMILES string of the molecule is C=CCn1cc(CN2C[C@H]3CC[C@@H]2CN(Cc2nc[nH]c2C)C3)c(C)n1. The molecule has 5 rings (SSSR count). The minimum absolute atomic E-state index is 0.634. The smallest absolute Gasteiger partial charge is 0.0925 e. The van der Waals surface area contributed by atoms with E-state index in [1.807, 2.05) is 17.1 Å². The Balaban J connectivity index is 1.45. The molecule has 140 valence electrons. The van der Waals surface area contributed by atoms with Gasteiger partial charge in [-0.1, -0.05) is 6.08 Å². The maximum atomic E-state index is 4.62. The van der Waals surface area contributed by atoms with E-state index in [1.165, 1.54) is 42.9 Å². The van der Waals surface area contributed by atoms with Gasteiger partial charge in [-0.25, -0.2) is 4.98 Å². The van der Waals surface area contributed by atoms with Gasteiger partial charge < -0.3 is 4.98 Å². The number of imidazole rings is 1. The van der Waals surface area contributed by atoms with E-state index in [2.05, 4.69) is 51.5 Å². The third-order valence-corrected chi connectivity index (χ3v) is 5.95. The highest BCUT2D eigenvalue weighted by Gasteiger charge is 2.35. The first-order chi connectivity index (χ1) is 12.6. The van der Waals surface area contributed by atoms with Crippen LogP contribution in [0.2, 0.25) is 0 Å². The normalized spacial score (nSPS) is 24.1. The number of hydrogen-bond donors (Lipinski definition) is 1. The molecule has 3 aliphatic rings. The predicted molar refractivity (Wildman–Crippen MR) is 103 cm³/mol. The molecule has 0 unspecified atom stereocenters. The average molecular weight is 355 g/mol. The van der Waals surface area contributed by atoms with Crippen LogP contribution in [-0.4, -0.2) is 55.2 Å². The lowest BCUT2D eigenvalue weighted by Gasteiger charge is -2.36. The number of rotatable bonds is 6. The van der Waals surface area contributed by atoms with Gasteiger partial charge >= 0.3 is 0 Å². The second-order valence-corrected chi connectivity index (χ2v) is 7.95. The third kappa shape index (κ3) is 3.62. The van der Waals surface area contributed by atoms with Gasteiger partial charge in [0.25, 0.3) is 0 Å². The molecule has 6 heteroatoms. The van der Waals surface area contributed by atoms with Crippen molar-refractivity contribution in [2.45, 2.75) is 52.4 Å². The zero-order valence-electron chi connectivity index (χ0n) is 16.0. The van der Waals surface area contributed by atoms with Crippen LogP contribution in [0.15, 0.2) is 25.2 Å². The summed E-state index contributed by atoms with van der Waals surface area (Å²) >= 11 is 0. The summed E-state index contributed by atoms with van der Waals surface area (Å²) in [4.78, 5) is 13.0. The van der Waals surface area contributed by atoms with E-state index in [0.29, 0.717) is 6.04 Å². The molecule has 26 heavy (non-hydrogen) atoms. The molecule has 0 spiro atoms. The number of fused-ring (bicyclic) bond motifs is 4. The molecule has 0 saturated carbocycles. The number of hydrogen-bond acceptors (Lipinski definition) is 4. The van der Waals surface area contributed by atoms with Crippen molar-refractivity contribution < 1.29 is 0 Å². The molecule has 0 aromatic carbocycles. The van der Waals surface area contributed by atoms with Crippen molar-refractivity contribution in [2.24, 2.45) is 5.92 Å². The van der Waals surface area contributed by atoms with Crippen molar-refractivity contribution in [3.63, 3.8) is 0 Å². The van der Waals surface area contributed by atoms with E-state index in [1.54, 1.807) is 0 Å². The molecular weight excluding hydrogens is 324 g/mol. The van der Waals surface area contributed by atoms with Crippen LogP contribution in [0.4, 0.5) is 0 Å². The van der Waals surface area contributed by atoms with Crippen LogP contribution in [-0.2, 0) is 19.6 Å². The Labute approximate surface area is 155 Å². The summed E-state index contributed by atoms with van der Waals surface area (Å²) in [7, 11) is 0. The minimum Gasteiger partial charge on any atom is -0.348 e. The number of piperidine rings is 1. The largest absolute Gasteiger partial charge is 0.348 e. The molecule has 0 amide bonds. The van der Waals surface area contributed by atoms with Crippen LogP contribution < -0.4 is 0 Å². The van der Waals surface area contributed by atoms with Gasteiger partial charge in [0.1, 0.15) is 0 Å². The minimum atomic E-state index is 0.634. The average Bonchev–Trinajstić information content (AvgIpc) is 3.03. The van der Waals surface area contributed by atoms with Crippen LogP contribution >= 0.6 is 0 Å². The van der Waals surface area contributed by atoms with E-state index in [4.69, 9.17) is 0 Å². The van der Waals surface area contributed by atoms with Gasteiger partial charge in [-0.15, -0.1) is 6.58 Å². The number of allylic oxidation sites excluding steroid dienone is 1. The second-order valence-electron chi connectivity index (χ2n) is 7.95. The molecule has 6 nitrogen and oxygen atoms in total. The molecule has 2 aromatic heterocycles. The lowest BCUT2D eigenvalue weighted by molar-refractivity contribution is 0.123. The Morgan fingerprint density at radius 2 is 2.12 bits per heavy atom. The molecule has 0 radical (unpaired) electrons. The Kier molecular flexibility index (Phi) is 4.96. The molecule has 3 saturated heterocycles. The third-order valence-electron chi connectivity index (χ3n) is 5.95. The van der Waals surface area contributed by atoms with Gasteiger partial charge in [0.2, 0.25) is 0 Å². The summed E-state index contributed by atoms with van der Waals surface area (Å²) in [5.74, 6) is 0.761. The zero-order chi connectivity index (χ0) is 18.1. The van der Waals surface area contributed by atoms with E-state index in [0.717, 1.165) is 37.8 Å².